The van der Waals surface area contributed by atoms with Crippen molar-refractivity contribution in [3.8, 4) is 17.0 Å². The molecular weight excluding hydrogens is 395 g/mol. The van der Waals surface area contributed by atoms with E-state index in [1.807, 2.05) is 54.6 Å². The van der Waals surface area contributed by atoms with E-state index in [2.05, 4.69) is 9.97 Å². The molecule has 5 nitrogen and oxygen atoms in total. The lowest BCUT2D eigenvalue weighted by Crippen LogP contribution is -2.01. The Labute approximate surface area is 176 Å². The highest BCUT2D eigenvalue weighted by molar-refractivity contribution is 6.12. The Kier molecular flexibility index (Phi) is 4.59. The van der Waals surface area contributed by atoms with Gasteiger partial charge in [0.1, 0.15) is 23.9 Å². The van der Waals surface area contributed by atoms with Gasteiger partial charge in [-0.25, -0.2) is 14.2 Å². The molecular formula is C25H17FN2O3. The second-order valence-corrected chi connectivity index (χ2v) is 7.20. The molecule has 6 heteroatoms. The van der Waals surface area contributed by atoms with Gasteiger partial charge in [-0.15, -0.1) is 0 Å². The van der Waals surface area contributed by atoms with Crippen LogP contribution < -0.4 is 4.74 Å². The highest BCUT2D eigenvalue weighted by Crippen LogP contribution is 2.33. The topological polar surface area (TPSA) is 75.2 Å². The summed E-state index contributed by atoms with van der Waals surface area (Å²) in [7, 11) is 0. The van der Waals surface area contributed by atoms with Crippen molar-refractivity contribution < 1.29 is 19.0 Å². The SMILES string of the molecule is O=C(O)c1cc2c([nH]c3cc(F)ccc32)c(-c2ccc(OCc3ccccc3)cc2)n1. The number of nitrogens with zero attached hydrogens (tertiary/aromatic N) is 1. The molecule has 0 aliphatic heterocycles. The average molecular weight is 412 g/mol. The number of H-pyrrole nitrogens is 1. The number of pyridine rings is 1. The number of ether oxygens (including phenoxy) is 1. The van der Waals surface area contributed by atoms with Crippen LogP contribution in [0.25, 0.3) is 33.1 Å². The van der Waals surface area contributed by atoms with E-state index in [0.29, 0.717) is 34.5 Å². The van der Waals surface area contributed by atoms with Gasteiger partial charge in [0.2, 0.25) is 0 Å². The number of aromatic nitrogens is 2. The second-order valence-electron chi connectivity index (χ2n) is 7.20. The first-order chi connectivity index (χ1) is 15.1. The summed E-state index contributed by atoms with van der Waals surface area (Å²) >= 11 is 0. The molecule has 0 aliphatic carbocycles. The van der Waals surface area contributed by atoms with E-state index in [1.165, 1.54) is 18.2 Å². The quantitative estimate of drug-likeness (QED) is 0.383. The molecule has 0 unspecified atom stereocenters. The normalized spacial score (nSPS) is 11.1. The number of aromatic carboxylic acids is 1. The molecule has 0 spiro atoms. The number of benzene rings is 3. The number of carboxylic acids is 1. The van der Waals surface area contributed by atoms with Gasteiger partial charge < -0.3 is 14.8 Å². The highest BCUT2D eigenvalue weighted by atomic mass is 19.1. The lowest BCUT2D eigenvalue weighted by Gasteiger charge is -2.09. The molecule has 31 heavy (non-hydrogen) atoms. The molecule has 0 atom stereocenters. The lowest BCUT2D eigenvalue weighted by molar-refractivity contribution is 0.0691. The molecule has 0 saturated carbocycles. The van der Waals surface area contributed by atoms with E-state index >= 15 is 0 Å². The van der Waals surface area contributed by atoms with Crippen LogP contribution in [0.1, 0.15) is 16.1 Å². The van der Waals surface area contributed by atoms with Crippen LogP contribution in [0.4, 0.5) is 4.39 Å². The van der Waals surface area contributed by atoms with Crippen molar-refractivity contribution >= 4 is 27.8 Å². The van der Waals surface area contributed by atoms with Crippen molar-refractivity contribution in [2.75, 3.05) is 0 Å². The predicted molar refractivity (Wildman–Crippen MR) is 117 cm³/mol. The molecule has 152 valence electrons. The third-order valence-electron chi connectivity index (χ3n) is 5.15. The van der Waals surface area contributed by atoms with Crippen molar-refractivity contribution in [3.05, 3.63) is 95.9 Å². The molecule has 0 aliphatic rings. The molecule has 0 fully saturated rings. The zero-order chi connectivity index (χ0) is 21.4. The fourth-order valence-electron chi connectivity index (χ4n) is 3.64. The molecule has 0 bridgehead atoms. The van der Waals surface area contributed by atoms with E-state index in [0.717, 1.165) is 16.5 Å². The van der Waals surface area contributed by atoms with E-state index in [1.54, 1.807) is 6.07 Å². The third-order valence-corrected chi connectivity index (χ3v) is 5.15. The van der Waals surface area contributed by atoms with Gasteiger partial charge in [-0.05, 0) is 54.1 Å². The predicted octanol–water partition coefficient (Wildman–Crippen LogP) is 5.80. The standard InChI is InChI=1S/C25H17FN2O3/c26-17-8-11-19-20-13-22(25(29)30)28-23(24(20)27-21(19)12-17)16-6-9-18(10-7-16)31-14-15-4-2-1-3-5-15/h1-13,27H,14H2,(H,29,30). The summed E-state index contributed by atoms with van der Waals surface area (Å²) in [6, 6.07) is 23.1. The van der Waals surface area contributed by atoms with Gasteiger partial charge in [-0.2, -0.15) is 0 Å². The number of fused-ring (bicyclic) bond motifs is 3. The maximum absolute atomic E-state index is 13.7. The van der Waals surface area contributed by atoms with Crippen LogP contribution >= 0.6 is 0 Å². The Bertz CT molecular complexity index is 1410. The molecule has 3 aromatic carbocycles. The van der Waals surface area contributed by atoms with E-state index < -0.39 is 5.97 Å². The number of carbonyl (C=O) groups is 1. The first-order valence-electron chi connectivity index (χ1n) is 9.71. The molecule has 0 radical (unpaired) electrons. The Hall–Kier alpha value is -4.19. The Balaban J connectivity index is 1.55. The van der Waals surface area contributed by atoms with E-state index in [9.17, 15) is 14.3 Å². The van der Waals surface area contributed by atoms with Crippen molar-refractivity contribution in [3.63, 3.8) is 0 Å². The minimum absolute atomic E-state index is 0.0721. The maximum atomic E-state index is 13.7. The van der Waals surface area contributed by atoms with Crippen LogP contribution in [0.3, 0.4) is 0 Å². The minimum atomic E-state index is -1.12. The Morgan fingerprint density at radius 3 is 2.48 bits per heavy atom. The number of halogens is 1. The van der Waals surface area contributed by atoms with Gasteiger partial charge in [0.25, 0.3) is 0 Å². The number of rotatable bonds is 5. The smallest absolute Gasteiger partial charge is 0.354 e. The second kappa shape index (κ2) is 7.57. The van der Waals surface area contributed by atoms with Crippen molar-refractivity contribution in [1.29, 1.82) is 0 Å². The van der Waals surface area contributed by atoms with Gasteiger partial charge in [0.15, 0.2) is 0 Å². The number of hydrogen-bond donors (Lipinski definition) is 2. The first-order valence-corrected chi connectivity index (χ1v) is 9.71. The summed E-state index contributed by atoms with van der Waals surface area (Å²) in [5.74, 6) is -0.800. The molecule has 5 aromatic rings. The van der Waals surface area contributed by atoms with Crippen LogP contribution in [0.15, 0.2) is 78.9 Å². The maximum Gasteiger partial charge on any atom is 0.354 e. The largest absolute Gasteiger partial charge is 0.489 e. The van der Waals surface area contributed by atoms with Crippen molar-refractivity contribution in [2.45, 2.75) is 6.61 Å². The first kappa shape index (κ1) is 18.8. The van der Waals surface area contributed by atoms with Crippen LogP contribution in [-0.2, 0) is 6.61 Å². The number of nitrogens with one attached hydrogen (secondary N) is 1. The molecule has 0 saturated heterocycles. The summed E-state index contributed by atoms with van der Waals surface area (Å²) in [5.41, 5.74) is 3.45. The Morgan fingerprint density at radius 1 is 0.968 bits per heavy atom. The zero-order valence-corrected chi connectivity index (χ0v) is 16.3. The minimum Gasteiger partial charge on any atom is -0.489 e. The number of carboxylic acid groups (broad SMARTS) is 1. The fraction of sp³-hybridized carbons (Fsp3) is 0.0400. The monoisotopic (exact) mass is 412 g/mol. The third kappa shape index (κ3) is 3.59. The summed E-state index contributed by atoms with van der Waals surface area (Å²) in [5, 5.41) is 11.0. The lowest BCUT2D eigenvalue weighted by atomic mass is 10.1. The highest BCUT2D eigenvalue weighted by Gasteiger charge is 2.17. The molecule has 2 N–H and O–H groups in total. The molecule has 5 rings (SSSR count). The van der Waals surface area contributed by atoms with Crippen LogP contribution in [-0.4, -0.2) is 21.0 Å². The Morgan fingerprint density at radius 2 is 1.74 bits per heavy atom. The van der Waals surface area contributed by atoms with Gasteiger partial charge in [0, 0.05) is 21.9 Å². The average Bonchev–Trinajstić information content (AvgIpc) is 3.15. The van der Waals surface area contributed by atoms with Crippen LogP contribution in [0.2, 0.25) is 0 Å². The number of hydrogen-bond acceptors (Lipinski definition) is 3. The van der Waals surface area contributed by atoms with E-state index in [4.69, 9.17) is 4.74 Å². The van der Waals surface area contributed by atoms with Crippen molar-refractivity contribution in [2.24, 2.45) is 0 Å². The van der Waals surface area contributed by atoms with E-state index in [-0.39, 0.29) is 11.5 Å². The number of aromatic amines is 1. The van der Waals surface area contributed by atoms with Gasteiger partial charge in [-0.3, -0.25) is 0 Å². The molecule has 2 aromatic heterocycles. The molecule has 2 heterocycles. The summed E-state index contributed by atoms with van der Waals surface area (Å²) in [4.78, 5) is 19.2. The summed E-state index contributed by atoms with van der Waals surface area (Å²) in [6.45, 7) is 0.449. The van der Waals surface area contributed by atoms with Gasteiger partial charge in [-0.1, -0.05) is 30.3 Å². The van der Waals surface area contributed by atoms with Crippen LogP contribution in [0, 0.1) is 5.82 Å². The van der Waals surface area contributed by atoms with Crippen molar-refractivity contribution in [1.82, 2.24) is 9.97 Å². The zero-order valence-electron chi connectivity index (χ0n) is 16.3. The summed E-state index contributed by atoms with van der Waals surface area (Å²) in [6.07, 6.45) is 0. The van der Waals surface area contributed by atoms with Gasteiger partial charge >= 0.3 is 5.97 Å². The van der Waals surface area contributed by atoms with Gasteiger partial charge in [0.05, 0.1) is 11.2 Å². The van der Waals surface area contributed by atoms with Crippen LogP contribution in [0.5, 0.6) is 5.75 Å². The fourth-order valence-corrected chi connectivity index (χ4v) is 3.64. The summed E-state index contributed by atoms with van der Waals surface area (Å²) < 4.78 is 19.5. The molecule has 0 amide bonds.